The van der Waals surface area contributed by atoms with E-state index in [2.05, 4.69) is 5.32 Å². The third-order valence-corrected chi connectivity index (χ3v) is 4.16. The number of benzene rings is 1. The van der Waals surface area contributed by atoms with Gasteiger partial charge in [0.2, 0.25) is 0 Å². The first-order valence-electron chi connectivity index (χ1n) is 7.86. The molecule has 134 valence electrons. The van der Waals surface area contributed by atoms with Crippen LogP contribution in [0.1, 0.15) is 42.6 Å². The summed E-state index contributed by atoms with van der Waals surface area (Å²) < 4.78 is 39.9. The van der Waals surface area contributed by atoms with Gasteiger partial charge in [0.05, 0.1) is 16.8 Å². The minimum absolute atomic E-state index is 0.178. The molecular weight excluding hydrogens is 323 g/mol. The smallest absolute Gasteiger partial charge is 0.417 e. The van der Waals surface area contributed by atoms with Crippen molar-refractivity contribution < 1.29 is 23.1 Å². The predicted octanol–water partition coefficient (Wildman–Crippen LogP) is 2.60. The molecule has 0 radical (unpaired) electrons. The average Bonchev–Trinajstić information content (AvgIpc) is 2.49. The van der Waals surface area contributed by atoms with Gasteiger partial charge < -0.3 is 21.1 Å². The monoisotopic (exact) mass is 345 g/mol. The van der Waals surface area contributed by atoms with Crippen molar-refractivity contribution in [3.05, 3.63) is 23.3 Å². The van der Waals surface area contributed by atoms with Crippen LogP contribution in [0.15, 0.2) is 12.1 Å². The minimum atomic E-state index is -4.76. The van der Waals surface area contributed by atoms with Gasteiger partial charge >= 0.3 is 6.18 Å². The lowest BCUT2D eigenvalue weighted by Gasteiger charge is -2.38. The van der Waals surface area contributed by atoms with Gasteiger partial charge in [-0.3, -0.25) is 4.79 Å². The average molecular weight is 345 g/mol. The fourth-order valence-electron chi connectivity index (χ4n) is 3.05. The van der Waals surface area contributed by atoms with Crippen molar-refractivity contribution in [3.8, 4) is 5.75 Å². The molecule has 24 heavy (non-hydrogen) atoms. The molecule has 1 aliphatic rings. The van der Waals surface area contributed by atoms with Gasteiger partial charge in [-0.1, -0.05) is 0 Å². The molecule has 1 heterocycles. The first kappa shape index (κ1) is 18.4. The zero-order chi connectivity index (χ0) is 18.1. The molecule has 1 amide bonds. The van der Waals surface area contributed by atoms with E-state index >= 15 is 0 Å². The fraction of sp³-hybridized carbons (Fsp3) is 0.562. The quantitative estimate of drug-likeness (QED) is 0.581. The van der Waals surface area contributed by atoms with E-state index in [4.69, 9.17) is 5.73 Å². The lowest BCUT2D eigenvalue weighted by molar-refractivity contribution is -0.138. The molecule has 1 aliphatic heterocycles. The van der Waals surface area contributed by atoms with Crippen LogP contribution in [0.3, 0.4) is 0 Å². The Balaban J connectivity index is 2.47. The van der Waals surface area contributed by atoms with Crippen LogP contribution in [-0.4, -0.2) is 41.1 Å². The number of halogens is 3. The normalized spacial score (nSPS) is 18.7. The highest BCUT2D eigenvalue weighted by atomic mass is 19.4. The Hall–Kier alpha value is -1.96. The maximum absolute atomic E-state index is 13.3. The topological polar surface area (TPSA) is 78.6 Å². The summed E-state index contributed by atoms with van der Waals surface area (Å²) in [6.07, 6.45) is -3.18. The number of hydrogen-bond acceptors (Lipinski definition) is 4. The number of carbonyl (C=O) groups is 1. The molecule has 0 aromatic heterocycles. The summed E-state index contributed by atoms with van der Waals surface area (Å²) in [5.74, 6) is -1.41. The van der Waals surface area contributed by atoms with Gasteiger partial charge in [-0.2, -0.15) is 13.2 Å². The number of alkyl halides is 3. The molecule has 0 unspecified atom stereocenters. The van der Waals surface area contributed by atoms with Crippen LogP contribution in [0.4, 0.5) is 18.9 Å². The van der Waals surface area contributed by atoms with E-state index in [1.54, 1.807) is 13.8 Å². The summed E-state index contributed by atoms with van der Waals surface area (Å²) in [6, 6.07) is 0.979. The summed E-state index contributed by atoms with van der Waals surface area (Å²) in [6.45, 7) is 4.91. The number of amides is 1. The molecule has 0 aliphatic carbocycles. The molecule has 1 aromatic rings. The number of phenols is 1. The van der Waals surface area contributed by atoms with Crippen LogP contribution < -0.4 is 11.1 Å². The Bertz CT molecular complexity index is 611. The zero-order valence-corrected chi connectivity index (χ0v) is 13.7. The van der Waals surface area contributed by atoms with Crippen LogP contribution in [0, 0.1) is 0 Å². The number of piperidine rings is 1. The second-order valence-corrected chi connectivity index (χ2v) is 6.26. The largest absolute Gasteiger partial charge is 0.506 e. The van der Waals surface area contributed by atoms with E-state index in [0.29, 0.717) is 12.6 Å². The van der Waals surface area contributed by atoms with E-state index in [0.717, 1.165) is 25.5 Å². The van der Waals surface area contributed by atoms with Crippen molar-refractivity contribution in [1.29, 1.82) is 0 Å². The van der Waals surface area contributed by atoms with Crippen LogP contribution in [-0.2, 0) is 6.18 Å². The Labute approximate surface area is 138 Å². The summed E-state index contributed by atoms with van der Waals surface area (Å²) in [7, 11) is 0. The number of aromatic hydroxyl groups is 1. The minimum Gasteiger partial charge on any atom is -0.506 e. The van der Waals surface area contributed by atoms with Gasteiger partial charge in [-0.25, -0.2) is 0 Å². The van der Waals surface area contributed by atoms with Crippen molar-refractivity contribution in [2.24, 2.45) is 0 Å². The number of nitrogens with two attached hydrogens (primary N) is 1. The van der Waals surface area contributed by atoms with E-state index in [1.165, 1.54) is 4.90 Å². The van der Waals surface area contributed by atoms with Crippen molar-refractivity contribution in [1.82, 2.24) is 10.2 Å². The molecule has 1 fully saturated rings. The molecule has 0 spiro atoms. The molecule has 1 saturated heterocycles. The zero-order valence-electron chi connectivity index (χ0n) is 13.7. The van der Waals surface area contributed by atoms with Crippen LogP contribution in [0.25, 0.3) is 0 Å². The molecule has 8 heteroatoms. The Morgan fingerprint density at radius 3 is 2.58 bits per heavy atom. The number of nitrogens with one attached hydrogen (secondary N) is 1. The third-order valence-electron chi connectivity index (χ3n) is 4.16. The summed E-state index contributed by atoms with van der Waals surface area (Å²) in [5.41, 5.74) is 3.57. The first-order chi connectivity index (χ1) is 11.1. The molecular formula is C16H22F3N3O2. The van der Waals surface area contributed by atoms with Gasteiger partial charge in [-0.15, -0.1) is 0 Å². The number of hydrogen-bond donors (Lipinski definition) is 3. The number of nitrogen functional groups attached to an aromatic ring is 1. The number of rotatable bonds is 3. The van der Waals surface area contributed by atoms with Gasteiger partial charge in [-0.05, 0) is 45.4 Å². The number of carbonyl (C=O) groups excluding carboxylic acids is 1. The molecule has 4 N–H and O–H groups in total. The Morgan fingerprint density at radius 1 is 1.42 bits per heavy atom. The van der Waals surface area contributed by atoms with Gasteiger partial charge in [0.15, 0.2) is 0 Å². The summed E-state index contributed by atoms with van der Waals surface area (Å²) in [4.78, 5) is 14.3. The highest BCUT2D eigenvalue weighted by Gasteiger charge is 2.39. The molecule has 1 atom stereocenters. The molecule has 0 saturated carbocycles. The lowest BCUT2D eigenvalue weighted by atomic mass is 9.99. The SMILES string of the molecule is CC(C)N(C(=O)c1cc(N)c(O)cc1C(F)(F)F)[C@@H]1CCCNC1. The van der Waals surface area contributed by atoms with E-state index in [9.17, 15) is 23.1 Å². The Morgan fingerprint density at radius 2 is 2.08 bits per heavy atom. The second-order valence-electron chi connectivity index (χ2n) is 6.26. The van der Waals surface area contributed by atoms with Gasteiger partial charge in [0, 0.05) is 18.6 Å². The molecule has 1 aromatic carbocycles. The van der Waals surface area contributed by atoms with Crippen LogP contribution >= 0.6 is 0 Å². The van der Waals surface area contributed by atoms with Crippen molar-refractivity contribution in [3.63, 3.8) is 0 Å². The highest BCUT2D eigenvalue weighted by molar-refractivity contribution is 5.97. The molecule has 2 rings (SSSR count). The summed E-state index contributed by atoms with van der Waals surface area (Å²) in [5, 5.41) is 12.7. The first-order valence-corrected chi connectivity index (χ1v) is 7.86. The third kappa shape index (κ3) is 3.75. The van der Waals surface area contributed by atoms with Crippen molar-refractivity contribution in [2.45, 2.75) is 44.9 Å². The van der Waals surface area contributed by atoms with E-state index in [-0.39, 0.29) is 17.8 Å². The Kier molecular flexibility index (Phi) is 5.27. The van der Waals surface area contributed by atoms with E-state index < -0.39 is 29.0 Å². The number of nitrogens with zero attached hydrogens (tertiary/aromatic N) is 1. The second kappa shape index (κ2) is 6.88. The summed E-state index contributed by atoms with van der Waals surface area (Å²) >= 11 is 0. The number of phenolic OH excluding ortho intramolecular Hbond substituents is 1. The van der Waals surface area contributed by atoms with E-state index in [1.807, 2.05) is 0 Å². The molecule has 0 bridgehead atoms. The van der Waals surface area contributed by atoms with Gasteiger partial charge in [0.1, 0.15) is 5.75 Å². The predicted molar refractivity (Wildman–Crippen MR) is 84.7 cm³/mol. The highest BCUT2D eigenvalue weighted by Crippen LogP contribution is 2.37. The van der Waals surface area contributed by atoms with Gasteiger partial charge in [0.25, 0.3) is 5.91 Å². The maximum atomic E-state index is 13.3. The maximum Gasteiger partial charge on any atom is 0.417 e. The number of anilines is 1. The lowest BCUT2D eigenvalue weighted by Crippen LogP contribution is -2.51. The van der Waals surface area contributed by atoms with Crippen LogP contribution in [0.2, 0.25) is 0 Å². The standard InChI is InChI=1S/C16H22F3N3O2/c1-9(2)22(10-4-3-5-21-8-10)15(24)11-6-13(20)14(23)7-12(11)16(17,18)19/h6-7,9-10,21,23H,3-5,8,20H2,1-2H3/t10-/m1/s1. The van der Waals surface area contributed by atoms with Crippen LogP contribution in [0.5, 0.6) is 5.75 Å². The molecule has 5 nitrogen and oxygen atoms in total. The van der Waals surface area contributed by atoms with Crippen molar-refractivity contribution in [2.75, 3.05) is 18.8 Å². The fourth-order valence-corrected chi connectivity index (χ4v) is 3.05. The van der Waals surface area contributed by atoms with Crippen molar-refractivity contribution >= 4 is 11.6 Å².